The summed E-state index contributed by atoms with van der Waals surface area (Å²) in [7, 11) is 0. The van der Waals surface area contributed by atoms with Crippen LogP contribution in [0.25, 0.3) is 0 Å². The molecule has 116 valence electrons. The molecule has 4 nitrogen and oxygen atoms in total. The van der Waals surface area contributed by atoms with Crippen LogP contribution >= 0.6 is 0 Å². The SMILES string of the molecule is CC(C)(C)OC(=O)NCCC1CCNCCC1C1CC1. The van der Waals surface area contributed by atoms with Crippen LogP contribution in [0.5, 0.6) is 0 Å². The molecule has 0 spiro atoms. The molecule has 1 aliphatic carbocycles. The van der Waals surface area contributed by atoms with Gasteiger partial charge in [0.05, 0.1) is 0 Å². The molecule has 20 heavy (non-hydrogen) atoms. The summed E-state index contributed by atoms with van der Waals surface area (Å²) in [5.41, 5.74) is -0.410. The van der Waals surface area contributed by atoms with Gasteiger partial charge in [-0.2, -0.15) is 0 Å². The molecular formula is C16H30N2O2. The van der Waals surface area contributed by atoms with Crippen LogP contribution in [0, 0.1) is 17.8 Å². The van der Waals surface area contributed by atoms with Crippen molar-refractivity contribution in [3.05, 3.63) is 0 Å². The molecule has 1 amide bonds. The van der Waals surface area contributed by atoms with Crippen molar-refractivity contribution in [3.63, 3.8) is 0 Å². The van der Waals surface area contributed by atoms with Crippen LogP contribution in [-0.4, -0.2) is 31.3 Å². The summed E-state index contributed by atoms with van der Waals surface area (Å²) in [4.78, 5) is 11.7. The highest BCUT2D eigenvalue weighted by molar-refractivity contribution is 5.67. The third kappa shape index (κ3) is 5.31. The lowest BCUT2D eigenvalue weighted by Gasteiger charge is -2.25. The van der Waals surface area contributed by atoms with E-state index in [1.807, 2.05) is 20.8 Å². The predicted octanol–water partition coefficient (Wildman–Crippen LogP) is 2.93. The summed E-state index contributed by atoms with van der Waals surface area (Å²) in [6.07, 6.45) is 6.19. The number of rotatable bonds is 4. The van der Waals surface area contributed by atoms with Crippen LogP contribution in [0.15, 0.2) is 0 Å². The van der Waals surface area contributed by atoms with Crippen LogP contribution in [-0.2, 0) is 4.74 Å². The van der Waals surface area contributed by atoms with E-state index in [2.05, 4.69) is 10.6 Å². The molecule has 4 heteroatoms. The fraction of sp³-hybridized carbons (Fsp3) is 0.938. The first kappa shape index (κ1) is 15.6. The molecule has 0 aromatic carbocycles. The lowest BCUT2D eigenvalue weighted by molar-refractivity contribution is 0.0522. The molecule has 0 radical (unpaired) electrons. The zero-order valence-corrected chi connectivity index (χ0v) is 13.2. The maximum atomic E-state index is 11.7. The minimum Gasteiger partial charge on any atom is -0.444 e. The highest BCUT2D eigenvalue weighted by Crippen LogP contribution is 2.44. The van der Waals surface area contributed by atoms with E-state index >= 15 is 0 Å². The van der Waals surface area contributed by atoms with Crippen LogP contribution in [0.4, 0.5) is 4.79 Å². The van der Waals surface area contributed by atoms with Gasteiger partial charge in [0.25, 0.3) is 0 Å². The summed E-state index contributed by atoms with van der Waals surface area (Å²) in [6.45, 7) is 8.71. The van der Waals surface area contributed by atoms with Crippen LogP contribution in [0.2, 0.25) is 0 Å². The van der Waals surface area contributed by atoms with E-state index in [1.165, 1.54) is 25.7 Å². The Morgan fingerprint density at radius 3 is 2.55 bits per heavy atom. The van der Waals surface area contributed by atoms with E-state index in [4.69, 9.17) is 4.74 Å². The third-order valence-electron chi connectivity index (χ3n) is 4.36. The Bertz CT molecular complexity index is 321. The van der Waals surface area contributed by atoms with Crippen LogP contribution in [0.3, 0.4) is 0 Å². The van der Waals surface area contributed by atoms with Gasteiger partial charge in [-0.05, 0) is 83.7 Å². The lowest BCUT2D eigenvalue weighted by atomic mass is 9.82. The summed E-state index contributed by atoms with van der Waals surface area (Å²) in [5.74, 6) is 2.58. The maximum Gasteiger partial charge on any atom is 0.407 e. The largest absolute Gasteiger partial charge is 0.444 e. The second kappa shape index (κ2) is 6.79. The van der Waals surface area contributed by atoms with E-state index in [0.717, 1.165) is 43.8 Å². The molecule has 0 aromatic rings. The molecule has 1 aliphatic heterocycles. The van der Waals surface area contributed by atoms with Gasteiger partial charge in [-0.25, -0.2) is 4.79 Å². The fourth-order valence-electron chi connectivity index (χ4n) is 3.31. The van der Waals surface area contributed by atoms with Crippen molar-refractivity contribution >= 4 is 6.09 Å². The molecule has 1 saturated heterocycles. The van der Waals surface area contributed by atoms with Gasteiger partial charge in [0, 0.05) is 6.54 Å². The van der Waals surface area contributed by atoms with Crippen molar-refractivity contribution in [2.75, 3.05) is 19.6 Å². The van der Waals surface area contributed by atoms with E-state index in [1.54, 1.807) is 0 Å². The highest BCUT2D eigenvalue weighted by Gasteiger charge is 2.36. The predicted molar refractivity (Wildman–Crippen MR) is 80.7 cm³/mol. The topological polar surface area (TPSA) is 50.4 Å². The van der Waals surface area contributed by atoms with Crippen molar-refractivity contribution in [1.82, 2.24) is 10.6 Å². The number of carbonyl (C=O) groups is 1. The molecule has 1 heterocycles. The number of hydrogen-bond donors (Lipinski definition) is 2. The van der Waals surface area contributed by atoms with Crippen LogP contribution < -0.4 is 10.6 Å². The summed E-state index contributed by atoms with van der Waals surface area (Å²) >= 11 is 0. The van der Waals surface area contributed by atoms with E-state index in [0.29, 0.717) is 0 Å². The van der Waals surface area contributed by atoms with Gasteiger partial charge in [0.1, 0.15) is 5.60 Å². The Hall–Kier alpha value is -0.770. The number of nitrogens with one attached hydrogen (secondary N) is 2. The van der Waals surface area contributed by atoms with Crippen LogP contribution in [0.1, 0.15) is 52.9 Å². The molecule has 2 atom stereocenters. The molecular weight excluding hydrogens is 252 g/mol. The Morgan fingerprint density at radius 2 is 1.90 bits per heavy atom. The van der Waals surface area contributed by atoms with Gasteiger partial charge in [-0.3, -0.25) is 0 Å². The van der Waals surface area contributed by atoms with Gasteiger partial charge >= 0.3 is 6.09 Å². The number of alkyl carbamates (subject to hydrolysis) is 1. The van der Waals surface area contributed by atoms with Crippen molar-refractivity contribution in [2.24, 2.45) is 17.8 Å². The minimum atomic E-state index is -0.410. The van der Waals surface area contributed by atoms with Gasteiger partial charge < -0.3 is 15.4 Å². The average Bonchev–Trinajstić information content (AvgIpc) is 3.12. The summed E-state index contributed by atoms with van der Waals surface area (Å²) < 4.78 is 5.28. The molecule has 2 unspecified atom stereocenters. The first-order valence-corrected chi connectivity index (χ1v) is 8.13. The van der Waals surface area contributed by atoms with Crippen molar-refractivity contribution in [1.29, 1.82) is 0 Å². The first-order chi connectivity index (χ1) is 9.46. The molecule has 2 aliphatic rings. The highest BCUT2D eigenvalue weighted by atomic mass is 16.6. The standard InChI is InChI=1S/C16H30N2O2/c1-16(2,3)20-15(19)18-11-7-13-6-9-17-10-8-14(13)12-4-5-12/h12-14,17H,4-11H2,1-3H3,(H,18,19). The number of ether oxygens (including phenoxy) is 1. The Morgan fingerprint density at radius 1 is 1.20 bits per heavy atom. The molecule has 2 rings (SSSR count). The number of carbonyl (C=O) groups excluding carboxylic acids is 1. The second-order valence-electron chi connectivity index (χ2n) is 7.31. The van der Waals surface area contributed by atoms with E-state index < -0.39 is 5.60 Å². The van der Waals surface area contributed by atoms with Crippen molar-refractivity contribution in [3.8, 4) is 0 Å². The van der Waals surface area contributed by atoms with Gasteiger partial charge in [0.2, 0.25) is 0 Å². The monoisotopic (exact) mass is 282 g/mol. The summed E-state index contributed by atoms with van der Waals surface area (Å²) in [5, 5.41) is 6.41. The van der Waals surface area contributed by atoms with E-state index in [9.17, 15) is 4.79 Å². The maximum absolute atomic E-state index is 11.7. The quantitative estimate of drug-likeness (QED) is 0.833. The Balaban J connectivity index is 1.72. The average molecular weight is 282 g/mol. The zero-order chi connectivity index (χ0) is 14.6. The first-order valence-electron chi connectivity index (χ1n) is 8.13. The number of hydrogen-bond acceptors (Lipinski definition) is 3. The zero-order valence-electron chi connectivity index (χ0n) is 13.2. The summed E-state index contributed by atoms with van der Waals surface area (Å²) in [6, 6.07) is 0. The Labute approximate surface area is 123 Å². The minimum absolute atomic E-state index is 0.285. The lowest BCUT2D eigenvalue weighted by Crippen LogP contribution is -2.34. The molecule has 0 aromatic heterocycles. The van der Waals surface area contributed by atoms with Gasteiger partial charge in [0.15, 0.2) is 0 Å². The normalized spacial score (nSPS) is 27.8. The van der Waals surface area contributed by atoms with Gasteiger partial charge in [-0.15, -0.1) is 0 Å². The smallest absolute Gasteiger partial charge is 0.407 e. The van der Waals surface area contributed by atoms with Gasteiger partial charge in [-0.1, -0.05) is 0 Å². The van der Waals surface area contributed by atoms with Crippen molar-refractivity contribution in [2.45, 2.75) is 58.5 Å². The number of amides is 1. The van der Waals surface area contributed by atoms with E-state index in [-0.39, 0.29) is 6.09 Å². The Kier molecular flexibility index (Phi) is 5.30. The molecule has 2 fully saturated rings. The molecule has 2 N–H and O–H groups in total. The fourth-order valence-corrected chi connectivity index (χ4v) is 3.31. The molecule has 0 bridgehead atoms. The van der Waals surface area contributed by atoms with Crippen molar-refractivity contribution < 1.29 is 9.53 Å². The molecule has 1 saturated carbocycles. The second-order valence-corrected chi connectivity index (χ2v) is 7.31. The third-order valence-corrected chi connectivity index (χ3v) is 4.36.